The second kappa shape index (κ2) is 5.38. The van der Waals surface area contributed by atoms with Crippen LogP contribution in [0, 0.1) is 20.8 Å². The maximum Gasteiger partial charge on any atom is 0.134 e. The second-order valence-corrected chi connectivity index (χ2v) is 5.72. The molecule has 1 atom stereocenters. The van der Waals surface area contributed by atoms with E-state index in [1.165, 1.54) is 22.3 Å². The van der Waals surface area contributed by atoms with E-state index in [1.807, 2.05) is 25.2 Å². The van der Waals surface area contributed by atoms with Crippen molar-refractivity contribution in [2.45, 2.75) is 26.8 Å². The number of hydrogen-bond acceptors (Lipinski definition) is 2. The first-order valence-corrected chi connectivity index (χ1v) is 7.33. The van der Waals surface area contributed by atoms with Crippen LogP contribution < -0.4 is 5.32 Å². The lowest BCUT2D eigenvalue weighted by Crippen LogP contribution is -2.19. The zero-order chi connectivity index (χ0) is 15.0. The van der Waals surface area contributed by atoms with Gasteiger partial charge in [-0.2, -0.15) is 0 Å². The normalized spacial score (nSPS) is 12.8. The van der Waals surface area contributed by atoms with Crippen molar-refractivity contribution in [1.82, 2.24) is 5.32 Å². The SMILES string of the molecule is CNC(c1cc2ccccc2o1)c1c(C)cc(C)cc1C. The first-order chi connectivity index (χ1) is 10.1. The number of nitrogens with one attached hydrogen (secondary N) is 1. The average Bonchev–Trinajstić information content (AvgIpc) is 2.85. The van der Waals surface area contributed by atoms with Crippen LogP contribution in [-0.2, 0) is 0 Å². The monoisotopic (exact) mass is 279 g/mol. The predicted octanol–water partition coefficient (Wildman–Crippen LogP) is 4.67. The smallest absolute Gasteiger partial charge is 0.134 e. The summed E-state index contributed by atoms with van der Waals surface area (Å²) in [7, 11) is 1.98. The van der Waals surface area contributed by atoms with Crippen LogP contribution in [0.2, 0.25) is 0 Å². The van der Waals surface area contributed by atoms with Gasteiger partial charge in [-0.1, -0.05) is 35.9 Å². The van der Waals surface area contributed by atoms with Gasteiger partial charge in [-0.3, -0.25) is 0 Å². The molecule has 108 valence electrons. The van der Waals surface area contributed by atoms with Gasteiger partial charge in [0.15, 0.2) is 0 Å². The van der Waals surface area contributed by atoms with Crippen molar-refractivity contribution in [2.24, 2.45) is 0 Å². The number of fused-ring (bicyclic) bond motifs is 1. The van der Waals surface area contributed by atoms with E-state index in [0.29, 0.717) is 0 Å². The van der Waals surface area contributed by atoms with E-state index in [-0.39, 0.29) is 6.04 Å². The van der Waals surface area contributed by atoms with Crippen LogP contribution in [0.3, 0.4) is 0 Å². The summed E-state index contributed by atoms with van der Waals surface area (Å²) < 4.78 is 6.05. The molecule has 1 aromatic heterocycles. The third kappa shape index (κ3) is 2.47. The summed E-state index contributed by atoms with van der Waals surface area (Å²) in [6.45, 7) is 6.48. The fourth-order valence-corrected chi connectivity index (χ4v) is 3.22. The Hall–Kier alpha value is -2.06. The Morgan fingerprint density at radius 1 is 0.952 bits per heavy atom. The highest BCUT2D eigenvalue weighted by atomic mass is 16.3. The van der Waals surface area contributed by atoms with Gasteiger partial charge in [0.05, 0.1) is 6.04 Å². The molecule has 3 rings (SSSR count). The Kier molecular flexibility index (Phi) is 3.56. The summed E-state index contributed by atoms with van der Waals surface area (Å²) in [5, 5.41) is 4.55. The summed E-state index contributed by atoms with van der Waals surface area (Å²) in [5.74, 6) is 0.966. The molecule has 2 nitrogen and oxygen atoms in total. The van der Waals surface area contributed by atoms with Crippen LogP contribution >= 0.6 is 0 Å². The highest BCUT2D eigenvalue weighted by Gasteiger charge is 2.20. The zero-order valence-electron chi connectivity index (χ0n) is 13.0. The number of para-hydroxylation sites is 1. The van der Waals surface area contributed by atoms with Crippen molar-refractivity contribution >= 4 is 11.0 Å². The van der Waals surface area contributed by atoms with E-state index < -0.39 is 0 Å². The lowest BCUT2D eigenvalue weighted by atomic mass is 9.93. The van der Waals surface area contributed by atoms with E-state index in [0.717, 1.165) is 16.7 Å². The first-order valence-electron chi connectivity index (χ1n) is 7.33. The minimum atomic E-state index is 0.0815. The summed E-state index contributed by atoms with van der Waals surface area (Å²) in [6.07, 6.45) is 0. The minimum absolute atomic E-state index is 0.0815. The lowest BCUT2D eigenvalue weighted by molar-refractivity contribution is 0.489. The van der Waals surface area contributed by atoms with Gasteiger partial charge in [-0.15, -0.1) is 0 Å². The number of hydrogen-bond donors (Lipinski definition) is 1. The van der Waals surface area contributed by atoms with Gasteiger partial charge in [-0.05, 0) is 56.6 Å². The number of benzene rings is 2. The van der Waals surface area contributed by atoms with Crippen LogP contribution in [0.25, 0.3) is 11.0 Å². The zero-order valence-corrected chi connectivity index (χ0v) is 13.0. The van der Waals surface area contributed by atoms with E-state index in [4.69, 9.17) is 4.42 Å². The molecule has 0 aliphatic heterocycles. The lowest BCUT2D eigenvalue weighted by Gasteiger charge is -2.20. The highest BCUT2D eigenvalue weighted by molar-refractivity contribution is 5.78. The molecule has 21 heavy (non-hydrogen) atoms. The quantitative estimate of drug-likeness (QED) is 0.754. The molecule has 0 amide bonds. The molecule has 1 N–H and O–H groups in total. The second-order valence-electron chi connectivity index (χ2n) is 5.72. The molecule has 0 fully saturated rings. The molecule has 0 aliphatic carbocycles. The van der Waals surface area contributed by atoms with Crippen molar-refractivity contribution in [3.05, 3.63) is 70.5 Å². The van der Waals surface area contributed by atoms with Gasteiger partial charge in [0.1, 0.15) is 11.3 Å². The molecule has 1 heterocycles. The fraction of sp³-hybridized carbons (Fsp3) is 0.263. The van der Waals surface area contributed by atoms with Gasteiger partial charge in [-0.25, -0.2) is 0 Å². The molecule has 0 spiro atoms. The number of rotatable bonds is 3. The molecule has 2 aromatic carbocycles. The van der Waals surface area contributed by atoms with Gasteiger partial charge in [0.25, 0.3) is 0 Å². The summed E-state index contributed by atoms with van der Waals surface area (Å²) >= 11 is 0. The Morgan fingerprint density at radius 2 is 1.62 bits per heavy atom. The first kappa shape index (κ1) is 13.9. The summed E-state index contributed by atoms with van der Waals surface area (Å²) in [4.78, 5) is 0. The van der Waals surface area contributed by atoms with Crippen molar-refractivity contribution in [1.29, 1.82) is 0 Å². The summed E-state index contributed by atoms with van der Waals surface area (Å²) in [6, 6.07) is 14.8. The van der Waals surface area contributed by atoms with Gasteiger partial charge < -0.3 is 9.73 Å². The standard InChI is InChI=1S/C19H21NO/c1-12-9-13(2)18(14(3)10-12)19(20-4)17-11-15-7-5-6-8-16(15)21-17/h5-11,19-20H,1-4H3. The topological polar surface area (TPSA) is 25.2 Å². The van der Waals surface area contributed by atoms with Gasteiger partial charge >= 0.3 is 0 Å². The third-order valence-electron chi connectivity index (χ3n) is 4.04. The third-order valence-corrected chi connectivity index (χ3v) is 4.04. The van der Waals surface area contributed by atoms with Crippen LogP contribution in [-0.4, -0.2) is 7.05 Å². The van der Waals surface area contributed by atoms with E-state index in [2.05, 4.69) is 50.4 Å². The molecule has 3 aromatic rings. The van der Waals surface area contributed by atoms with Crippen LogP contribution in [0.5, 0.6) is 0 Å². The number of furan rings is 1. The Morgan fingerprint density at radius 3 is 2.24 bits per heavy atom. The van der Waals surface area contributed by atoms with Crippen LogP contribution in [0.1, 0.15) is 34.1 Å². The largest absolute Gasteiger partial charge is 0.459 e. The maximum atomic E-state index is 6.05. The highest BCUT2D eigenvalue weighted by Crippen LogP contribution is 2.32. The molecule has 0 saturated carbocycles. The average molecular weight is 279 g/mol. The maximum absolute atomic E-state index is 6.05. The summed E-state index contributed by atoms with van der Waals surface area (Å²) in [5.41, 5.74) is 6.14. The molecular formula is C19H21NO. The van der Waals surface area contributed by atoms with Crippen molar-refractivity contribution in [3.8, 4) is 0 Å². The van der Waals surface area contributed by atoms with Crippen LogP contribution in [0.4, 0.5) is 0 Å². The molecule has 2 heteroatoms. The Labute approximate surface area is 125 Å². The van der Waals surface area contributed by atoms with Crippen molar-refractivity contribution < 1.29 is 4.42 Å². The molecule has 0 saturated heterocycles. The predicted molar refractivity (Wildman–Crippen MR) is 87.8 cm³/mol. The Balaban J connectivity index is 2.14. The van der Waals surface area contributed by atoms with E-state index in [1.54, 1.807) is 0 Å². The van der Waals surface area contributed by atoms with Gasteiger partial charge in [0.2, 0.25) is 0 Å². The van der Waals surface area contributed by atoms with Crippen molar-refractivity contribution in [3.63, 3.8) is 0 Å². The Bertz CT molecular complexity index is 729. The fourth-order valence-electron chi connectivity index (χ4n) is 3.22. The van der Waals surface area contributed by atoms with E-state index >= 15 is 0 Å². The molecule has 0 radical (unpaired) electrons. The minimum Gasteiger partial charge on any atom is -0.459 e. The van der Waals surface area contributed by atoms with Crippen LogP contribution in [0.15, 0.2) is 46.9 Å². The molecular weight excluding hydrogens is 258 g/mol. The molecule has 1 unspecified atom stereocenters. The van der Waals surface area contributed by atoms with Gasteiger partial charge in [0, 0.05) is 5.39 Å². The molecule has 0 bridgehead atoms. The molecule has 0 aliphatic rings. The number of aryl methyl sites for hydroxylation is 3. The van der Waals surface area contributed by atoms with Crippen molar-refractivity contribution in [2.75, 3.05) is 7.05 Å². The van der Waals surface area contributed by atoms with E-state index in [9.17, 15) is 0 Å².